The first-order chi connectivity index (χ1) is 12.3. The predicted octanol–water partition coefficient (Wildman–Crippen LogP) is 5.50. The van der Waals surface area contributed by atoms with Crippen molar-refractivity contribution >= 4 is 10.9 Å². The first-order valence-electron chi connectivity index (χ1n) is 9.66. The van der Waals surface area contributed by atoms with Crippen LogP contribution in [0.3, 0.4) is 0 Å². The summed E-state index contributed by atoms with van der Waals surface area (Å²) in [6.45, 7) is 5.84. The first kappa shape index (κ1) is 16.4. The van der Waals surface area contributed by atoms with E-state index in [-0.39, 0.29) is 0 Å². The maximum Gasteiger partial charge on any atom is 0.0456 e. The van der Waals surface area contributed by atoms with Crippen molar-refractivity contribution in [3.05, 3.63) is 71.4 Å². The van der Waals surface area contributed by atoms with Crippen molar-refractivity contribution in [3.63, 3.8) is 0 Å². The van der Waals surface area contributed by atoms with Crippen molar-refractivity contribution < 1.29 is 0 Å². The lowest BCUT2D eigenvalue weighted by atomic mass is 9.84. The van der Waals surface area contributed by atoms with Crippen molar-refractivity contribution in [1.82, 2.24) is 9.88 Å². The van der Waals surface area contributed by atoms with Crippen LogP contribution in [0.2, 0.25) is 0 Å². The van der Waals surface area contributed by atoms with Gasteiger partial charge in [-0.1, -0.05) is 43.3 Å². The van der Waals surface area contributed by atoms with Gasteiger partial charge in [0, 0.05) is 29.2 Å². The predicted molar refractivity (Wildman–Crippen MR) is 106 cm³/mol. The van der Waals surface area contributed by atoms with E-state index >= 15 is 0 Å². The largest absolute Gasteiger partial charge is 0.361 e. The molecular formula is C23H28N2. The minimum Gasteiger partial charge on any atom is -0.361 e. The summed E-state index contributed by atoms with van der Waals surface area (Å²) in [7, 11) is 0. The van der Waals surface area contributed by atoms with Gasteiger partial charge in [0.25, 0.3) is 0 Å². The summed E-state index contributed by atoms with van der Waals surface area (Å²) in [5.74, 6) is 0. The number of H-pyrrole nitrogens is 1. The molecule has 25 heavy (non-hydrogen) atoms. The first-order valence-corrected chi connectivity index (χ1v) is 9.66. The van der Waals surface area contributed by atoms with Crippen molar-refractivity contribution in [2.75, 3.05) is 6.54 Å². The zero-order valence-corrected chi connectivity index (χ0v) is 15.3. The fraction of sp³-hybridized carbons (Fsp3) is 0.391. The van der Waals surface area contributed by atoms with Gasteiger partial charge in [-0.3, -0.25) is 4.90 Å². The van der Waals surface area contributed by atoms with E-state index in [1.807, 2.05) is 0 Å². The standard InChI is InChI=1S/C23H28N2/c1-3-15-25(17(2)18-7-5-4-6-8-18)20-10-11-21-19(16-20)9-12-23-22(21)13-14-24-23/h4-9,12-14,17,20,24H,3,10-11,15-16H2,1-2H3. The van der Waals surface area contributed by atoms with Gasteiger partial charge < -0.3 is 4.98 Å². The Morgan fingerprint density at radius 3 is 2.76 bits per heavy atom. The van der Waals surface area contributed by atoms with Crippen LogP contribution >= 0.6 is 0 Å². The summed E-state index contributed by atoms with van der Waals surface area (Å²) in [6, 6.07) is 18.9. The number of hydrogen-bond donors (Lipinski definition) is 1. The second-order valence-corrected chi connectivity index (χ2v) is 7.36. The van der Waals surface area contributed by atoms with Gasteiger partial charge in [-0.25, -0.2) is 0 Å². The molecule has 1 aliphatic carbocycles. The van der Waals surface area contributed by atoms with Crippen LogP contribution in [0.5, 0.6) is 0 Å². The number of benzene rings is 2. The summed E-state index contributed by atoms with van der Waals surface area (Å²) in [5.41, 5.74) is 5.83. The Kier molecular flexibility index (Phi) is 4.63. The van der Waals surface area contributed by atoms with Crippen LogP contribution in [0.1, 0.15) is 49.4 Å². The minimum absolute atomic E-state index is 0.476. The summed E-state index contributed by atoms with van der Waals surface area (Å²) in [6.07, 6.45) is 6.90. The van der Waals surface area contributed by atoms with Gasteiger partial charge in [0.15, 0.2) is 0 Å². The number of fused-ring (bicyclic) bond motifs is 3. The van der Waals surface area contributed by atoms with Crippen molar-refractivity contribution in [1.29, 1.82) is 0 Å². The third-order valence-electron chi connectivity index (χ3n) is 5.86. The van der Waals surface area contributed by atoms with Crippen molar-refractivity contribution in [3.8, 4) is 0 Å². The van der Waals surface area contributed by atoms with Crippen LogP contribution < -0.4 is 0 Å². The lowest BCUT2D eigenvalue weighted by Crippen LogP contribution is -2.41. The molecule has 0 spiro atoms. The molecule has 1 aromatic heterocycles. The molecule has 3 aromatic rings. The van der Waals surface area contributed by atoms with Gasteiger partial charge in [-0.05, 0) is 68.0 Å². The zero-order chi connectivity index (χ0) is 17.2. The molecule has 2 unspecified atom stereocenters. The molecule has 2 nitrogen and oxygen atoms in total. The Morgan fingerprint density at radius 1 is 1.12 bits per heavy atom. The lowest BCUT2D eigenvalue weighted by molar-refractivity contribution is 0.130. The topological polar surface area (TPSA) is 19.0 Å². The second-order valence-electron chi connectivity index (χ2n) is 7.36. The number of nitrogens with one attached hydrogen (secondary N) is 1. The van der Waals surface area contributed by atoms with Crippen LogP contribution in [0.15, 0.2) is 54.7 Å². The number of hydrogen-bond acceptors (Lipinski definition) is 1. The van der Waals surface area contributed by atoms with Crippen LogP contribution in [-0.2, 0) is 12.8 Å². The van der Waals surface area contributed by atoms with Gasteiger partial charge in [0.05, 0.1) is 0 Å². The number of aromatic amines is 1. The summed E-state index contributed by atoms with van der Waals surface area (Å²) < 4.78 is 0. The van der Waals surface area contributed by atoms with E-state index in [0.29, 0.717) is 12.1 Å². The number of aromatic nitrogens is 1. The minimum atomic E-state index is 0.476. The van der Waals surface area contributed by atoms with E-state index in [4.69, 9.17) is 0 Å². The van der Waals surface area contributed by atoms with Crippen LogP contribution in [0.25, 0.3) is 10.9 Å². The smallest absolute Gasteiger partial charge is 0.0456 e. The molecule has 2 atom stereocenters. The van der Waals surface area contributed by atoms with Gasteiger partial charge in [-0.15, -0.1) is 0 Å². The molecule has 2 aromatic carbocycles. The summed E-state index contributed by atoms with van der Waals surface area (Å²) >= 11 is 0. The molecule has 0 fully saturated rings. The third kappa shape index (κ3) is 3.11. The normalized spacial score (nSPS) is 18.4. The highest BCUT2D eigenvalue weighted by Gasteiger charge is 2.28. The second kappa shape index (κ2) is 7.05. The maximum atomic E-state index is 3.35. The van der Waals surface area contributed by atoms with Gasteiger partial charge >= 0.3 is 0 Å². The van der Waals surface area contributed by atoms with Crippen LogP contribution in [0.4, 0.5) is 0 Å². The van der Waals surface area contributed by atoms with E-state index in [0.717, 1.165) is 0 Å². The highest BCUT2D eigenvalue weighted by Crippen LogP contribution is 2.33. The molecule has 0 saturated heterocycles. The Balaban J connectivity index is 1.61. The maximum absolute atomic E-state index is 3.35. The molecule has 1 heterocycles. The molecule has 130 valence electrons. The number of rotatable bonds is 5. The highest BCUT2D eigenvalue weighted by atomic mass is 15.2. The quantitative estimate of drug-likeness (QED) is 0.654. The number of nitrogens with zero attached hydrogens (tertiary/aromatic N) is 1. The van der Waals surface area contributed by atoms with Crippen molar-refractivity contribution in [2.45, 2.75) is 51.6 Å². The molecular weight excluding hydrogens is 304 g/mol. The molecule has 1 aliphatic rings. The van der Waals surface area contributed by atoms with E-state index in [2.05, 4.69) is 78.5 Å². The van der Waals surface area contributed by atoms with Crippen molar-refractivity contribution in [2.24, 2.45) is 0 Å². The monoisotopic (exact) mass is 332 g/mol. The fourth-order valence-corrected chi connectivity index (χ4v) is 4.55. The molecule has 0 bridgehead atoms. The molecule has 0 radical (unpaired) electrons. The Hall–Kier alpha value is -2.06. The molecule has 0 amide bonds. The van der Waals surface area contributed by atoms with E-state index in [1.54, 1.807) is 11.1 Å². The van der Waals surface area contributed by atoms with E-state index in [1.165, 1.54) is 48.7 Å². The van der Waals surface area contributed by atoms with E-state index < -0.39 is 0 Å². The molecule has 1 N–H and O–H groups in total. The Morgan fingerprint density at radius 2 is 1.96 bits per heavy atom. The van der Waals surface area contributed by atoms with Gasteiger partial charge in [0.1, 0.15) is 0 Å². The third-order valence-corrected chi connectivity index (χ3v) is 5.86. The Bertz CT molecular complexity index is 834. The van der Waals surface area contributed by atoms with Gasteiger partial charge in [0.2, 0.25) is 0 Å². The van der Waals surface area contributed by atoms with Crippen LogP contribution in [-0.4, -0.2) is 22.5 Å². The molecule has 2 heteroatoms. The average molecular weight is 332 g/mol. The highest BCUT2D eigenvalue weighted by molar-refractivity contribution is 5.84. The number of aryl methyl sites for hydroxylation is 1. The van der Waals surface area contributed by atoms with Gasteiger partial charge in [-0.2, -0.15) is 0 Å². The summed E-state index contributed by atoms with van der Waals surface area (Å²) in [5, 5.41) is 1.43. The fourth-order valence-electron chi connectivity index (χ4n) is 4.55. The molecule has 0 aliphatic heterocycles. The molecule has 4 rings (SSSR count). The Labute approximate surface area is 150 Å². The lowest BCUT2D eigenvalue weighted by Gasteiger charge is -2.39. The van der Waals surface area contributed by atoms with Crippen LogP contribution in [0, 0.1) is 0 Å². The SMILES string of the molecule is CCCN(C1CCc2c(ccc3[nH]ccc23)C1)C(C)c1ccccc1. The summed E-state index contributed by atoms with van der Waals surface area (Å²) in [4.78, 5) is 6.09. The zero-order valence-electron chi connectivity index (χ0n) is 15.3. The average Bonchev–Trinajstić information content (AvgIpc) is 3.15. The van der Waals surface area contributed by atoms with E-state index in [9.17, 15) is 0 Å². The molecule has 0 saturated carbocycles.